The summed E-state index contributed by atoms with van der Waals surface area (Å²) in [6.45, 7) is 1.08. The molecule has 2 aromatic carbocycles. The Bertz CT molecular complexity index is 1250. The number of H-pyrrole nitrogens is 1. The number of nitrogens with one attached hydrogen (secondary N) is 2. The van der Waals surface area contributed by atoms with E-state index in [1.807, 2.05) is 54.2 Å². The molecule has 2 amide bonds. The molecule has 3 heterocycles. The molecule has 1 atom stereocenters. The molecule has 4 aromatic rings. The number of aromatic nitrogens is 3. The number of rotatable bonds is 5. The minimum Gasteiger partial charge on any atom is -0.361 e. The zero-order chi connectivity index (χ0) is 20.7. The summed E-state index contributed by atoms with van der Waals surface area (Å²) in [5, 5.41) is 4.15. The molecule has 7 nitrogen and oxygen atoms in total. The lowest BCUT2D eigenvalue weighted by atomic mass is 10.1. The zero-order valence-electron chi connectivity index (χ0n) is 16.8. The molecule has 7 heteroatoms. The van der Waals surface area contributed by atoms with Crippen molar-refractivity contribution in [1.82, 2.24) is 19.4 Å². The first kappa shape index (κ1) is 18.4. The fraction of sp³-hybridized carbons (Fsp3) is 0.261. The number of likely N-dealkylation sites (tertiary alicyclic amines) is 1. The molecule has 30 heavy (non-hydrogen) atoms. The van der Waals surface area contributed by atoms with E-state index in [0.717, 1.165) is 28.7 Å². The Kier molecular flexibility index (Phi) is 4.50. The first-order valence-corrected chi connectivity index (χ1v) is 10.1. The van der Waals surface area contributed by atoms with Gasteiger partial charge in [-0.2, -0.15) is 0 Å². The average Bonchev–Trinajstić information content (AvgIpc) is 3.44. The van der Waals surface area contributed by atoms with E-state index in [1.165, 1.54) is 10.9 Å². The quantitative estimate of drug-likeness (QED) is 0.539. The number of imidazole rings is 1. The number of aryl methyl sites for hydroxylation is 1. The molecule has 0 bridgehead atoms. The van der Waals surface area contributed by atoms with Crippen molar-refractivity contribution in [2.45, 2.75) is 12.8 Å². The van der Waals surface area contributed by atoms with Gasteiger partial charge in [0.1, 0.15) is 0 Å². The van der Waals surface area contributed by atoms with Crippen LogP contribution in [0, 0.1) is 5.92 Å². The van der Waals surface area contributed by atoms with Crippen LogP contribution in [-0.4, -0.2) is 44.3 Å². The third kappa shape index (κ3) is 3.32. The Hall–Kier alpha value is -3.61. The standard InChI is InChI=1S/C23H23N5O2/c1-27-14-25-20-7-6-17(11-21(20)27)26-23(30)16-10-22(29)28(13-16)9-8-15-12-24-19-5-3-2-4-18(15)19/h2-7,11-12,14,16,24H,8-10,13H2,1H3,(H,26,30). The second-order valence-electron chi connectivity index (χ2n) is 7.90. The molecule has 2 aromatic heterocycles. The molecule has 0 aliphatic carbocycles. The third-order valence-electron chi connectivity index (χ3n) is 5.90. The topological polar surface area (TPSA) is 83.0 Å². The van der Waals surface area contributed by atoms with Gasteiger partial charge in [0, 0.05) is 49.3 Å². The van der Waals surface area contributed by atoms with Crippen molar-refractivity contribution in [3.05, 3.63) is 60.6 Å². The van der Waals surface area contributed by atoms with Crippen molar-refractivity contribution >= 4 is 39.4 Å². The van der Waals surface area contributed by atoms with Crippen molar-refractivity contribution in [2.24, 2.45) is 13.0 Å². The number of benzene rings is 2. The van der Waals surface area contributed by atoms with Gasteiger partial charge in [-0.1, -0.05) is 18.2 Å². The van der Waals surface area contributed by atoms with Gasteiger partial charge in [-0.15, -0.1) is 0 Å². The van der Waals surface area contributed by atoms with Crippen molar-refractivity contribution in [3.63, 3.8) is 0 Å². The number of nitrogens with zero attached hydrogens (tertiary/aromatic N) is 3. The van der Waals surface area contributed by atoms with Crippen LogP contribution in [0.25, 0.3) is 21.9 Å². The maximum Gasteiger partial charge on any atom is 0.229 e. The fourth-order valence-corrected chi connectivity index (χ4v) is 4.21. The zero-order valence-corrected chi connectivity index (χ0v) is 16.8. The van der Waals surface area contributed by atoms with Gasteiger partial charge in [-0.3, -0.25) is 9.59 Å². The van der Waals surface area contributed by atoms with Crippen LogP contribution < -0.4 is 5.32 Å². The minimum absolute atomic E-state index is 0.0390. The number of carbonyl (C=O) groups excluding carboxylic acids is 2. The van der Waals surface area contributed by atoms with E-state index in [4.69, 9.17) is 0 Å². The van der Waals surface area contributed by atoms with Gasteiger partial charge < -0.3 is 19.8 Å². The van der Waals surface area contributed by atoms with E-state index >= 15 is 0 Å². The Morgan fingerprint density at radius 1 is 1.27 bits per heavy atom. The van der Waals surface area contributed by atoms with Gasteiger partial charge in [0.25, 0.3) is 0 Å². The van der Waals surface area contributed by atoms with Crippen LogP contribution in [0.2, 0.25) is 0 Å². The maximum atomic E-state index is 12.8. The van der Waals surface area contributed by atoms with E-state index in [1.54, 1.807) is 11.2 Å². The number of fused-ring (bicyclic) bond motifs is 2. The normalized spacial score (nSPS) is 16.6. The summed E-state index contributed by atoms with van der Waals surface area (Å²) >= 11 is 0. The first-order valence-electron chi connectivity index (χ1n) is 10.1. The number of para-hydroxylation sites is 1. The highest BCUT2D eigenvalue weighted by atomic mass is 16.2. The van der Waals surface area contributed by atoms with Crippen LogP contribution in [0.4, 0.5) is 5.69 Å². The van der Waals surface area contributed by atoms with Gasteiger partial charge in [-0.25, -0.2) is 4.98 Å². The molecule has 2 N–H and O–H groups in total. The van der Waals surface area contributed by atoms with E-state index in [2.05, 4.69) is 21.4 Å². The summed E-state index contributed by atoms with van der Waals surface area (Å²) in [7, 11) is 1.92. The lowest BCUT2D eigenvalue weighted by molar-refractivity contribution is -0.128. The summed E-state index contributed by atoms with van der Waals surface area (Å²) in [6.07, 6.45) is 4.77. The summed E-state index contributed by atoms with van der Waals surface area (Å²) in [5.74, 6) is -0.403. The number of carbonyl (C=O) groups is 2. The molecular formula is C23H23N5O2. The van der Waals surface area contributed by atoms with Gasteiger partial charge in [0.2, 0.25) is 11.8 Å². The smallest absolute Gasteiger partial charge is 0.229 e. The Morgan fingerprint density at radius 2 is 2.13 bits per heavy atom. The summed E-state index contributed by atoms with van der Waals surface area (Å²) in [5.41, 5.74) is 4.85. The van der Waals surface area contributed by atoms with Crippen molar-refractivity contribution in [2.75, 3.05) is 18.4 Å². The lowest BCUT2D eigenvalue weighted by Gasteiger charge is -2.16. The van der Waals surface area contributed by atoms with Gasteiger partial charge in [0.15, 0.2) is 0 Å². The Balaban J connectivity index is 1.22. The van der Waals surface area contributed by atoms with Crippen molar-refractivity contribution in [3.8, 4) is 0 Å². The molecule has 0 saturated carbocycles. The number of aromatic amines is 1. The fourth-order valence-electron chi connectivity index (χ4n) is 4.21. The average molecular weight is 401 g/mol. The van der Waals surface area contributed by atoms with Crippen LogP contribution in [0.1, 0.15) is 12.0 Å². The first-order chi connectivity index (χ1) is 14.6. The molecule has 1 unspecified atom stereocenters. The van der Waals surface area contributed by atoms with Crippen LogP contribution in [0.3, 0.4) is 0 Å². The highest BCUT2D eigenvalue weighted by Crippen LogP contribution is 2.24. The van der Waals surface area contributed by atoms with E-state index in [9.17, 15) is 9.59 Å². The van der Waals surface area contributed by atoms with Gasteiger partial charge >= 0.3 is 0 Å². The number of hydrogen-bond acceptors (Lipinski definition) is 3. The summed E-state index contributed by atoms with van der Waals surface area (Å²) < 4.78 is 1.91. The Labute approximate surface area is 173 Å². The van der Waals surface area contributed by atoms with Crippen LogP contribution in [0.5, 0.6) is 0 Å². The predicted molar refractivity (Wildman–Crippen MR) is 116 cm³/mol. The number of amides is 2. The molecular weight excluding hydrogens is 378 g/mol. The largest absolute Gasteiger partial charge is 0.361 e. The summed E-state index contributed by atoms with van der Waals surface area (Å²) in [6, 6.07) is 13.8. The molecule has 152 valence electrons. The molecule has 1 aliphatic heterocycles. The van der Waals surface area contributed by atoms with Gasteiger partial charge in [-0.05, 0) is 36.2 Å². The van der Waals surface area contributed by atoms with E-state index in [-0.39, 0.29) is 24.2 Å². The molecule has 5 rings (SSSR count). The van der Waals surface area contributed by atoms with E-state index in [0.29, 0.717) is 13.1 Å². The second kappa shape index (κ2) is 7.33. The SMILES string of the molecule is Cn1cnc2ccc(NC(=O)C3CC(=O)N(CCc4c[nH]c5ccccc45)C3)cc21. The Morgan fingerprint density at radius 3 is 3.03 bits per heavy atom. The molecule has 1 fully saturated rings. The molecule has 1 saturated heterocycles. The second-order valence-corrected chi connectivity index (χ2v) is 7.90. The minimum atomic E-state index is -0.331. The van der Waals surface area contributed by atoms with Crippen molar-refractivity contribution in [1.29, 1.82) is 0 Å². The predicted octanol–water partition coefficient (Wildman–Crippen LogP) is 3.08. The van der Waals surface area contributed by atoms with Crippen LogP contribution in [-0.2, 0) is 23.1 Å². The number of hydrogen-bond donors (Lipinski definition) is 2. The third-order valence-corrected chi connectivity index (χ3v) is 5.90. The number of anilines is 1. The van der Waals surface area contributed by atoms with E-state index < -0.39 is 0 Å². The van der Waals surface area contributed by atoms with Crippen LogP contribution in [0.15, 0.2) is 55.0 Å². The summed E-state index contributed by atoms with van der Waals surface area (Å²) in [4.78, 5) is 34.6. The molecule has 0 spiro atoms. The molecule has 1 aliphatic rings. The highest BCUT2D eigenvalue weighted by molar-refractivity contribution is 5.98. The van der Waals surface area contributed by atoms with Gasteiger partial charge in [0.05, 0.1) is 23.3 Å². The lowest BCUT2D eigenvalue weighted by Crippen LogP contribution is -2.30. The highest BCUT2D eigenvalue weighted by Gasteiger charge is 2.34. The molecule has 0 radical (unpaired) electrons. The van der Waals surface area contributed by atoms with Crippen LogP contribution >= 0.6 is 0 Å². The maximum absolute atomic E-state index is 12.8. The monoisotopic (exact) mass is 401 g/mol. The van der Waals surface area contributed by atoms with Crippen molar-refractivity contribution < 1.29 is 9.59 Å².